The molecule has 0 spiro atoms. The van der Waals surface area contributed by atoms with E-state index in [9.17, 15) is 4.79 Å². The quantitative estimate of drug-likeness (QED) is 0.793. The normalized spacial score (nSPS) is 19.5. The Hall–Kier alpha value is -1.50. The van der Waals surface area contributed by atoms with Gasteiger partial charge in [-0.1, -0.05) is 11.2 Å². The summed E-state index contributed by atoms with van der Waals surface area (Å²) in [5, 5.41) is 5.95. The van der Waals surface area contributed by atoms with Crippen LogP contribution >= 0.6 is 11.3 Å². The SMILES string of the molecule is Cc1noc(C)c1CN1CCOC[C@@H]1CC(=O)c1cccs1. The maximum Gasteiger partial charge on any atom is 0.174 e. The first-order chi connectivity index (χ1) is 10.6. The second-order valence-electron chi connectivity index (χ2n) is 5.61. The molecule has 0 aliphatic carbocycles. The molecule has 2 aromatic heterocycles. The minimum atomic E-state index is 0.108. The van der Waals surface area contributed by atoms with Gasteiger partial charge in [0, 0.05) is 31.1 Å². The number of Topliss-reactive ketones (excluding diaryl/α,β-unsaturated/α-hetero) is 1. The average Bonchev–Trinajstić information content (AvgIpc) is 3.14. The molecule has 0 amide bonds. The number of aromatic nitrogens is 1. The standard InChI is InChI=1S/C16H20N2O3S/c1-11-14(12(2)21-17-11)9-18-5-6-20-10-13(18)8-15(19)16-4-3-7-22-16/h3-4,7,13H,5-6,8-10H2,1-2H3/t13-/m0/s1. The second-order valence-corrected chi connectivity index (χ2v) is 6.55. The van der Waals surface area contributed by atoms with E-state index in [2.05, 4.69) is 10.1 Å². The third-order valence-electron chi connectivity index (χ3n) is 4.11. The van der Waals surface area contributed by atoms with Crippen molar-refractivity contribution in [1.82, 2.24) is 10.1 Å². The molecule has 1 saturated heterocycles. The van der Waals surface area contributed by atoms with Crippen molar-refractivity contribution in [2.75, 3.05) is 19.8 Å². The number of ketones is 1. The molecule has 1 aliphatic heterocycles. The van der Waals surface area contributed by atoms with Crippen LogP contribution in [0.15, 0.2) is 22.0 Å². The Morgan fingerprint density at radius 3 is 3.05 bits per heavy atom. The van der Waals surface area contributed by atoms with Gasteiger partial charge in [0.2, 0.25) is 0 Å². The molecule has 0 radical (unpaired) electrons. The fourth-order valence-corrected chi connectivity index (χ4v) is 3.44. The zero-order valence-corrected chi connectivity index (χ0v) is 13.7. The van der Waals surface area contributed by atoms with E-state index in [1.54, 1.807) is 0 Å². The highest BCUT2D eigenvalue weighted by molar-refractivity contribution is 7.12. The summed E-state index contributed by atoms with van der Waals surface area (Å²) in [6.45, 7) is 6.77. The van der Waals surface area contributed by atoms with E-state index in [0.717, 1.165) is 35.0 Å². The molecule has 0 N–H and O–H groups in total. The van der Waals surface area contributed by atoms with Crippen molar-refractivity contribution < 1.29 is 14.1 Å². The molecule has 1 aliphatic rings. The Labute approximate surface area is 133 Å². The number of aryl methyl sites for hydroxylation is 2. The zero-order valence-electron chi connectivity index (χ0n) is 12.9. The summed E-state index contributed by atoms with van der Waals surface area (Å²) < 4.78 is 10.8. The lowest BCUT2D eigenvalue weighted by Crippen LogP contribution is -2.46. The minimum absolute atomic E-state index is 0.108. The number of rotatable bonds is 5. The number of nitrogens with zero attached hydrogens (tertiary/aromatic N) is 2. The molecule has 3 heterocycles. The number of thiophene rings is 1. The Kier molecular flexibility index (Phi) is 4.71. The summed E-state index contributed by atoms with van der Waals surface area (Å²) in [4.78, 5) is 15.5. The van der Waals surface area contributed by atoms with Gasteiger partial charge in [0.15, 0.2) is 5.78 Å². The fraction of sp³-hybridized carbons (Fsp3) is 0.500. The van der Waals surface area contributed by atoms with Crippen LogP contribution < -0.4 is 0 Å². The Balaban J connectivity index is 1.70. The van der Waals surface area contributed by atoms with Gasteiger partial charge >= 0.3 is 0 Å². The van der Waals surface area contributed by atoms with Gasteiger partial charge in [-0.2, -0.15) is 0 Å². The number of hydrogen-bond acceptors (Lipinski definition) is 6. The van der Waals surface area contributed by atoms with Gasteiger partial charge in [0.25, 0.3) is 0 Å². The van der Waals surface area contributed by atoms with Gasteiger partial charge in [-0.05, 0) is 25.3 Å². The van der Waals surface area contributed by atoms with Gasteiger partial charge in [-0.15, -0.1) is 11.3 Å². The lowest BCUT2D eigenvalue weighted by Gasteiger charge is -2.35. The first-order valence-corrected chi connectivity index (χ1v) is 8.33. The van der Waals surface area contributed by atoms with Crippen LogP contribution in [0.4, 0.5) is 0 Å². The Morgan fingerprint density at radius 1 is 1.50 bits per heavy atom. The van der Waals surface area contributed by atoms with Crippen LogP contribution in [0, 0.1) is 13.8 Å². The number of carbonyl (C=O) groups is 1. The van der Waals surface area contributed by atoms with Crippen LogP contribution in [0.3, 0.4) is 0 Å². The molecule has 0 bridgehead atoms. The smallest absolute Gasteiger partial charge is 0.174 e. The van der Waals surface area contributed by atoms with Gasteiger partial charge in [-0.3, -0.25) is 9.69 Å². The van der Waals surface area contributed by atoms with Crippen LogP contribution in [0.1, 0.15) is 33.1 Å². The highest BCUT2D eigenvalue weighted by Gasteiger charge is 2.27. The van der Waals surface area contributed by atoms with Crippen molar-refractivity contribution in [3.05, 3.63) is 39.4 Å². The maximum absolute atomic E-state index is 12.4. The predicted octanol–water partition coefficient (Wildman–Crippen LogP) is 2.83. The number of hydrogen-bond donors (Lipinski definition) is 0. The lowest BCUT2D eigenvalue weighted by atomic mass is 10.1. The average molecular weight is 320 g/mol. The fourth-order valence-electron chi connectivity index (χ4n) is 2.77. The molecule has 0 unspecified atom stereocenters. The third-order valence-corrected chi connectivity index (χ3v) is 5.02. The minimum Gasteiger partial charge on any atom is -0.378 e. The van der Waals surface area contributed by atoms with Crippen LogP contribution in [-0.2, 0) is 11.3 Å². The summed E-state index contributed by atoms with van der Waals surface area (Å²) in [5.74, 6) is 1.04. The van der Waals surface area contributed by atoms with E-state index in [0.29, 0.717) is 19.6 Å². The van der Waals surface area contributed by atoms with Crippen LogP contribution in [0.5, 0.6) is 0 Å². The van der Waals surface area contributed by atoms with Crippen LogP contribution in [0.2, 0.25) is 0 Å². The number of morpholine rings is 1. The van der Waals surface area contributed by atoms with Crippen molar-refractivity contribution in [2.24, 2.45) is 0 Å². The molecule has 5 nitrogen and oxygen atoms in total. The van der Waals surface area contributed by atoms with Crippen molar-refractivity contribution in [3.63, 3.8) is 0 Å². The topological polar surface area (TPSA) is 55.6 Å². The summed E-state index contributed by atoms with van der Waals surface area (Å²) in [7, 11) is 0. The van der Waals surface area contributed by atoms with Gasteiger partial charge < -0.3 is 9.26 Å². The monoisotopic (exact) mass is 320 g/mol. The van der Waals surface area contributed by atoms with Crippen LogP contribution in [-0.4, -0.2) is 41.6 Å². The number of ether oxygens (including phenoxy) is 1. The highest BCUT2D eigenvalue weighted by Crippen LogP contribution is 2.21. The molecular weight excluding hydrogens is 300 g/mol. The van der Waals surface area contributed by atoms with E-state index >= 15 is 0 Å². The summed E-state index contributed by atoms with van der Waals surface area (Å²) in [6, 6.07) is 3.91. The Bertz CT molecular complexity index is 616. The van der Waals surface area contributed by atoms with E-state index in [4.69, 9.17) is 9.26 Å². The third kappa shape index (κ3) is 3.29. The summed E-state index contributed by atoms with van der Waals surface area (Å²) in [5.41, 5.74) is 2.04. The zero-order chi connectivity index (χ0) is 15.5. The van der Waals surface area contributed by atoms with Gasteiger partial charge in [0.1, 0.15) is 5.76 Å². The molecule has 0 saturated carbocycles. The predicted molar refractivity (Wildman–Crippen MR) is 84.3 cm³/mol. The maximum atomic E-state index is 12.4. The van der Waals surface area contributed by atoms with Gasteiger partial charge in [0.05, 0.1) is 23.8 Å². The molecule has 0 aromatic carbocycles. The molecule has 1 fully saturated rings. The molecule has 1 atom stereocenters. The van der Waals surface area contributed by atoms with Crippen molar-refractivity contribution in [3.8, 4) is 0 Å². The second kappa shape index (κ2) is 6.73. The molecule has 6 heteroatoms. The lowest BCUT2D eigenvalue weighted by molar-refractivity contribution is -0.0127. The summed E-state index contributed by atoms with van der Waals surface area (Å²) in [6.07, 6.45) is 0.490. The van der Waals surface area contributed by atoms with Gasteiger partial charge in [-0.25, -0.2) is 0 Å². The highest BCUT2D eigenvalue weighted by atomic mass is 32.1. The van der Waals surface area contributed by atoms with Crippen molar-refractivity contribution in [2.45, 2.75) is 32.9 Å². The van der Waals surface area contributed by atoms with E-state index in [1.807, 2.05) is 31.4 Å². The molecule has 118 valence electrons. The largest absolute Gasteiger partial charge is 0.378 e. The first kappa shape index (κ1) is 15.4. The molecule has 3 rings (SSSR count). The van der Waals surface area contributed by atoms with Crippen molar-refractivity contribution in [1.29, 1.82) is 0 Å². The van der Waals surface area contributed by atoms with Crippen LogP contribution in [0.25, 0.3) is 0 Å². The molecular formula is C16H20N2O3S. The van der Waals surface area contributed by atoms with E-state index in [1.165, 1.54) is 11.3 Å². The van der Waals surface area contributed by atoms with E-state index in [-0.39, 0.29) is 11.8 Å². The Morgan fingerprint density at radius 2 is 2.36 bits per heavy atom. The van der Waals surface area contributed by atoms with Crippen molar-refractivity contribution >= 4 is 17.1 Å². The first-order valence-electron chi connectivity index (χ1n) is 7.45. The molecule has 2 aromatic rings. The number of carbonyl (C=O) groups excluding carboxylic acids is 1. The molecule has 22 heavy (non-hydrogen) atoms. The van der Waals surface area contributed by atoms with E-state index < -0.39 is 0 Å². The summed E-state index contributed by atoms with van der Waals surface area (Å²) >= 11 is 1.50.